The van der Waals surface area contributed by atoms with Crippen LogP contribution in [0.1, 0.15) is 20.8 Å². The Morgan fingerprint density at radius 3 is 2.50 bits per heavy atom. The van der Waals surface area contributed by atoms with E-state index in [1.54, 1.807) is 26.0 Å². The first kappa shape index (κ1) is 18.0. The Morgan fingerprint density at radius 1 is 1.32 bits per heavy atom. The molecule has 0 bridgehead atoms. The molecular formula is C17H24O5. The van der Waals surface area contributed by atoms with Crippen LogP contribution in [0.2, 0.25) is 0 Å². The van der Waals surface area contributed by atoms with E-state index in [-0.39, 0.29) is 6.61 Å². The first-order valence-corrected chi connectivity index (χ1v) is 7.18. The van der Waals surface area contributed by atoms with Gasteiger partial charge in [-0.3, -0.25) is 4.79 Å². The molecule has 0 N–H and O–H groups in total. The average Bonchev–Trinajstić information content (AvgIpc) is 2.48. The maximum Gasteiger partial charge on any atom is 0.324 e. The van der Waals surface area contributed by atoms with Crippen molar-refractivity contribution in [2.24, 2.45) is 5.41 Å². The Labute approximate surface area is 131 Å². The topological polar surface area (TPSA) is 54.0 Å². The minimum absolute atomic E-state index is 0.114. The maximum atomic E-state index is 12.4. The molecule has 0 aliphatic rings. The van der Waals surface area contributed by atoms with Gasteiger partial charge in [-0.05, 0) is 26.0 Å². The van der Waals surface area contributed by atoms with Crippen molar-refractivity contribution < 1.29 is 23.7 Å². The van der Waals surface area contributed by atoms with E-state index >= 15 is 0 Å². The number of hydrogen-bond acceptors (Lipinski definition) is 5. The normalized spacial score (nSPS) is 14.5. The van der Waals surface area contributed by atoms with Gasteiger partial charge < -0.3 is 18.9 Å². The summed E-state index contributed by atoms with van der Waals surface area (Å²) >= 11 is 0. The van der Waals surface area contributed by atoms with E-state index in [1.165, 1.54) is 7.11 Å². The van der Waals surface area contributed by atoms with Gasteiger partial charge in [0, 0.05) is 14.0 Å². The van der Waals surface area contributed by atoms with Crippen molar-refractivity contribution >= 4 is 5.97 Å². The molecule has 0 amide bonds. The van der Waals surface area contributed by atoms with Gasteiger partial charge in [-0.25, -0.2) is 0 Å². The molecule has 22 heavy (non-hydrogen) atoms. The molecule has 0 spiro atoms. The zero-order valence-electron chi connectivity index (χ0n) is 13.6. The van der Waals surface area contributed by atoms with Crippen LogP contribution in [-0.2, 0) is 19.0 Å². The molecule has 0 saturated heterocycles. The van der Waals surface area contributed by atoms with E-state index in [1.807, 2.05) is 25.1 Å². The number of carbonyl (C=O) groups excluding carboxylic acids is 1. The number of ether oxygens (including phenoxy) is 4. The predicted molar refractivity (Wildman–Crippen MR) is 83.4 cm³/mol. The van der Waals surface area contributed by atoms with Crippen molar-refractivity contribution in [2.75, 3.05) is 20.3 Å². The summed E-state index contributed by atoms with van der Waals surface area (Å²) in [5.74, 6) is 0.435. The number of hydrogen-bond donors (Lipinski definition) is 0. The Hall–Kier alpha value is -2.01. The third-order valence-electron chi connectivity index (χ3n) is 3.14. The van der Waals surface area contributed by atoms with Crippen LogP contribution in [0.3, 0.4) is 0 Å². The third kappa shape index (κ3) is 4.77. The van der Waals surface area contributed by atoms with Crippen molar-refractivity contribution in [3.63, 3.8) is 0 Å². The van der Waals surface area contributed by atoms with Gasteiger partial charge in [0.15, 0.2) is 0 Å². The number of para-hydroxylation sites is 1. The Bertz CT molecular complexity index is 485. The molecule has 0 aromatic heterocycles. The summed E-state index contributed by atoms with van der Waals surface area (Å²) in [5.41, 5.74) is -1.08. The highest BCUT2D eigenvalue weighted by Crippen LogP contribution is 2.29. The lowest BCUT2D eigenvalue weighted by atomic mass is 9.90. The average molecular weight is 308 g/mol. The first-order chi connectivity index (χ1) is 10.4. The second-order valence-corrected chi connectivity index (χ2v) is 5.03. The molecule has 1 rings (SSSR count). The van der Waals surface area contributed by atoms with Gasteiger partial charge >= 0.3 is 5.97 Å². The number of benzene rings is 1. The maximum absolute atomic E-state index is 12.4. The van der Waals surface area contributed by atoms with Crippen LogP contribution in [0.4, 0.5) is 0 Å². The van der Waals surface area contributed by atoms with Crippen LogP contribution in [0, 0.1) is 5.41 Å². The first-order valence-electron chi connectivity index (χ1n) is 7.18. The van der Waals surface area contributed by atoms with Gasteiger partial charge in [0.1, 0.15) is 16.9 Å². The summed E-state index contributed by atoms with van der Waals surface area (Å²) in [6, 6.07) is 9.15. The minimum Gasteiger partial charge on any atom is -0.498 e. The molecule has 0 heterocycles. The Morgan fingerprint density at radius 2 is 1.95 bits per heavy atom. The van der Waals surface area contributed by atoms with Gasteiger partial charge in [-0.2, -0.15) is 0 Å². The lowest BCUT2D eigenvalue weighted by molar-refractivity contribution is -0.175. The predicted octanol–water partition coefficient (Wildman–Crippen LogP) is 3.16. The molecule has 2 unspecified atom stereocenters. The summed E-state index contributed by atoms with van der Waals surface area (Å²) in [7, 11) is 1.51. The Kier molecular flexibility index (Phi) is 6.92. The molecule has 2 atom stereocenters. The zero-order chi connectivity index (χ0) is 16.6. The van der Waals surface area contributed by atoms with Crippen molar-refractivity contribution in [3.8, 4) is 5.75 Å². The second-order valence-electron chi connectivity index (χ2n) is 5.03. The number of methoxy groups -OCH3 is 1. The number of esters is 1. The molecule has 5 heteroatoms. The summed E-state index contributed by atoms with van der Waals surface area (Å²) in [5, 5.41) is 0. The summed E-state index contributed by atoms with van der Waals surface area (Å²) in [4.78, 5) is 12.4. The molecular weight excluding hydrogens is 284 g/mol. The number of carbonyl (C=O) groups is 1. The van der Waals surface area contributed by atoms with Gasteiger partial charge in [0.25, 0.3) is 0 Å². The van der Waals surface area contributed by atoms with E-state index in [9.17, 15) is 4.79 Å². The monoisotopic (exact) mass is 308 g/mol. The van der Waals surface area contributed by atoms with Gasteiger partial charge in [-0.15, -0.1) is 0 Å². The summed E-state index contributed by atoms with van der Waals surface area (Å²) in [6.07, 6.45) is -0.736. The SMILES string of the molecule is C=C(OCC)C(C)(COC)C(=O)OC(C)Oc1ccccc1. The fourth-order valence-electron chi connectivity index (χ4n) is 1.87. The number of rotatable bonds is 9. The highest BCUT2D eigenvalue weighted by Gasteiger charge is 2.40. The second kappa shape index (κ2) is 8.44. The summed E-state index contributed by atoms with van der Waals surface area (Å²) in [6.45, 7) is 9.49. The van der Waals surface area contributed by atoms with Crippen LogP contribution in [-0.4, -0.2) is 32.6 Å². The minimum atomic E-state index is -1.08. The van der Waals surface area contributed by atoms with E-state index in [4.69, 9.17) is 18.9 Å². The molecule has 0 fully saturated rings. The van der Waals surface area contributed by atoms with Gasteiger partial charge in [0.2, 0.25) is 6.29 Å². The van der Waals surface area contributed by atoms with Crippen LogP contribution in [0.25, 0.3) is 0 Å². The van der Waals surface area contributed by atoms with Crippen molar-refractivity contribution in [1.29, 1.82) is 0 Å². The Balaban J connectivity index is 2.72. The largest absolute Gasteiger partial charge is 0.498 e. The van der Waals surface area contributed by atoms with E-state index < -0.39 is 17.7 Å². The lowest BCUT2D eigenvalue weighted by Gasteiger charge is -2.29. The van der Waals surface area contributed by atoms with E-state index in [0.29, 0.717) is 18.1 Å². The van der Waals surface area contributed by atoms with Crippen LogP contribution >= 0.6 is 0 Å². The summed E-state index contributed by atoms with van der Waals surface area (Å²) < 4.78 is 21.4. The van der Waals surface area contributed by atoms with Crippen LogP contribution < -0.4 is 4.74 Å². The van der Waals surface area contributed by atoms with Crippen molar-refractivity contribution in [3.05, 3.63) is 42.7 Å². The fourth-order valence-corrected chi connectivity index (χ4v) is 1.87. The quantitative estimate of drug-likeness (QED) is 0.398. The molecule has 0 aliphatic carbocycles. The van der Waals surface area contributed by atoms with Crippen molar-refractivity contribution in [1.82, 2.24) is 0 Å². The molecule has 1 aromatic rings. The third-order valence-corrected chi connectivity index (χ3v) is 3.14. The van der Waals surface area contributed by atoms with Crippen molar-refractivity contribution in [2.45, 2.75) is 27.1 Å². The molecule has 0 radical (unpaired) electrons. The van der Waals surface area contributed by atoms with Gasteiger partial charge in [-0.1, -0.05) is 24.8 Å². The highest BCUT2D eigenvalue weighted by molar-refractivity contribution is 5.79. The smallest absolute Gasteiger partial charge is 0.324 e. The molecule has 0 saturated carbocycles. The molecule has 0 aliphatic heterocycles. The molecule has 122 valence electrons. The highest BCUT2D eigenvalue weighted by atomic mass is 16.7. The van der Waals surface area contributed by atoms with Crippen LogP contribution in [0.15, 0.2) is 42.7 Å². The van der Waals surface area contributed by atoms with E-state index in [2.05, 4.69) is 6.58 Å². The van der Waals surface area contributed by atoms with E-state index in [0.717, 1.165) is 0 Å². The lowest BCUT2D eigenvalue weighted by Crippen LogP contribution is -2.39. The molecule has 1 aromatic carbocycles. The molecule has 5 nitrogen and oxygen atoms in total. The van der Waals surface area contributed by atoms with Crippen LogP contribution in [0.5, 0.6) is 5.75 Å². The standard InChI is InChI=1S/C17H24O5/c1-6-20-13(2)17(4,12-19-5)16(18)22-14(3)21-15-10-8-7-9-11-15/h7-11,14H,2,6,12H2,1,3-5H3. The fraction of sp³-hybridized carbons (Fsp3) is 0.471. The zero-order valence-corrected chi connectivity index (χ0v) is 13.6. The van der Waals surface area contributed by atoms with Gasteiger partial charge in [0.05, 0.1) is 13.2 Å².